The first kappa shape index (κ1) is 13.0. The Morgan fingerprint density at radius 1 is 1.50 bits per heavy atom. The van der Waals surface area contributed by atoms with Crippen LogP contribution in [0.25, 0.3) is 0 Å². The van der Waals surface area contributed by atoms with E-state index in [0.717, 1.165) is 0 Å². The van der Waals surface area contributed by atoms with E-state index in [1.54, 1.807) is 25.2 Å². The number of β-amino-alcohol motifs (C(OH)–C–C–N with tert-alkyl or cyclic N) is 1. The highest BCUT2D eigenvalue weighted by atomic mass is 19.1. The predicted molar refractivity (Wildman–Crippen MR) is 65.3 cm³/mol. The molecule has 0 unspecified atom stereocenters. The molecule has 0 aliphatic carbocycles. The zero-order valence-electron chi connectivity index (χ0n) is 10.3. The van der Waals surface area contributed by atoms with Gasteiger partial charge in [0.2, 0.25) is 5.91 Å². The van der Waals surface area contributed by atoms with Gasteiger partial charge < -0.3 is 10.0 Å². The Hall–Kier alpha value is -1.46. The van der Waals surface area contributed by atoms with Gasteiger partial charge in [0.05, 0.1) is 12.6 Å². The molecule has 1 aromatic carbocycles. The van der Waals surface area contributed by atoms with E-state index in [2.05, 4.69) is 0 Å². The smallest absolute Gasteiger partial charge is 0.236 e. The normalized spacial score (nSPS) is 16.4. The van der Waals surface area contributed by atoms with Crippen LogP contribution in [0.5, 0.6) is 0 Å². The topological polar surface area (TPSA) is 43.8 Å². The van der Waals surface area contributed by atoms with E-state index in [9.17, 15) is 9.18 Å². The monoisotopic (exact) mass is 252 g/mol. The van der Waals surface area contributed by atoms with E-state index in [0.29, 0.717) is 18.7 Å². The van der Waals surface area contributed by atoms with Crippen LogP contribution >= 0.6 is 0 Å². The first-order chi connectivity index (χ1) is 8.56. The van der Waals surface area contributed by atoms with Crippen molar-refractivity contribution >= 4 is 5.91 Å². The number of carbonyl (C=O) groups is 1. The Balaban J connectivity index is 1.86. The molecule has 4 nitrogen and oxygen atoms in total. The second-order valence-electron chi connectivity index (χ2n) is 4.69. The zero-order chi connectivity index (χ0) is 13.1. The number of nitrogens with zero attached hydrogens (tertiary/aromatic N) is 2. The first-order valence-electron chi connectivity index (χ1n) is 5.94. The number of aliphatic hydroxyl groups excluding tert-OH is 1. The fourth-order valence-corrected chi connectivity index (χ4v) is 1.95. The van der Waals surface area contributed by atoms with Gasteiger partial charge in [0.1, 0.15) is 5.82 Å². The molecule has 1 N–H and O–H groups in total. The van der Waals surface area contributed by atoms with Crippen LogP contribution in [-0.4, -0.2) is 53.6 Å². The molecule has 1 fully saturated rings. The van der Waals surface area contributed by atoms with E-state index < -0.39 is 0 Å². The van der Waals surface area contributed by atoms with E-state index in [4.69, 9.17) is 5.11 Å². The van der Waals surface area contributed by atoms with Crippen molar-refractivity contribution in [2.75, 3.05) is 26.7 Å². The number of likely N-dealkylation sites (tertiary alicyclic amines) is 1. The average Bonchev–Trinajstić information content (AvgIpc) is 2.30. The van der Waals surface area contributed by atoms with Crippen LogP contribution < -0.4 is 0 Å². The van der Waals surface area contributed by atoms with Gasteiger partial charge in [-0.1, -0.05) is 18.2 Å². The van der Waals surface area contributed by atoms with Crippen LogP contribution in [0.4, 0.5) is 4.39 Å². The molecule has 98 valence electrons. The number of halogens is 1. The summed E-state index contributed by atoms with van der Waals surface area (Å²) in [4.78, 5) is 15.2. The van der Waals surface area contributed by atoms with Crippen molar-refractivity contribution in [2.45, 2.75) is 12.6 Å². The Morgan fingerprint density at radius 3 is 2.78 bits per heavy atom. The summed E-state index contributed by atoms with van der Waals surface area (Å²) in [5, 5.41) is 9.13. The molecule has 1 amide bonds. The van der Waals surface area contributed by atoms with Gasteiger partial charge in [-0.25, -0.2) is 4.39 Å². The Labute approximate surface area is 106 Å². The molecule has 1 aliphatic heterocycles. The van der Waals surface area contributed by atoms with Crippen LogP contribution in [0.3, 0.4) is 0 Å². The van der Waals surface area contributed by atoms with Crippen molar-refractivity contribution in [1.29, 1.82) is 0 Å². The summed E-state index contributed by atoms with van der Waals surface area (Å²) in [6.07, 6.45) is -0.310. The van der Waals surface area contributed by atoms with Crippen molar-refractivity contribution in [2.24, 2.45) is 0 Å². The van der Waals surface area contributed by atoms with Crippen molar-refractivity contribution in [3.63, 3.8) is 0 Å². The maximum atomic E-state index is 13.4. The Kier molecular flexibility index (Phi) is 3.93. The molecule has 0 bridgehead atoms. The number of likely N-dealkylation sites (N-methyl/N-ethyl adjacent to an activating group) is 1. The van der Waals surface area contributed by atoms with Gasteiger partial charge in [-0.2, -0.15) is 0 Å². The Bertz CT molecular complexity index is 433. The minimum absolute atomic E-state index is 0.0647. The molecular weight excluding hydrogens is 235 g/mol. The lowest BCUT2D eigenvalue weighted by atomic mass is 10.1. The van der Waals surface area contributed by atoms with E-state index in [1.165, 1.54) is 11.0 Å². The van der Waals surface area contributed by atoms with Gasteiger partial charge in [0, 0.05) is 32.2 Å². The van der Waals surface area contributed by atoms with Crippen molar-refractivity contribution in [3.05, 3.63) is 35.6 Å². The SMILES string of the molecule is CN(Cc1ccccc1F)C(=O)CN1CC(O)C1. The summed E-state index contributed by atoms with van der Waals surface area (Å²) in [5.41, 5.74) is 0.511. The second kappa shape index (κ2) is 5.46. The van der Waals surface area contributed by atoms with Crippen LogP contribution in [0, 0.1) is 5.82 Å². The summed E-state index contributed by atoms with van der Waals surface area (Å²) in [7, 11) is 1.66. The molecule has 0 spiro atoms. The summed E-state index contributed by atoms with van der Waals surface area (Å²) < 4.78 is 13.4. The van der Waals surface area contributed by atoms with Gasteiger partial charge in [-0.05, 0) is 6.07 Å². The van der Waals surface area contributed by atoms with E-state index in [-0.39, 0.29) is 30.9 Å². The molecule has 1 aliphatic rings. The molecule has 1 saturated heterocycles. The standard InChI is InChI=1S/C13H17FN2O2/c1-15(6-10-4-2-3-5-12(10)14)13(18)9-16-7-11(17)8-16/h2-5,11,17H,6-9H2,1H3. The summed E-state index contributed by atoms with van der Waals surface area (Å²) in [6.45, 7) is 1.63. The fourth-order valence-electron chi connectivity index (χ4n) is 1.95. The summed E-state index contributed by atoms with van der Waals surface area (Å²) in [6, 6.07) is 6.44. The van der Waals surface area contributed by atoms with Crippen molar-refractivity contribution in [3.8, 4) is 0 Å². The molecule has 2 rings (SSSR count). The molecule has 5 heteroatoms. The van der Waals surface area contributed by atoms with Gasteiger partial charge in [0.15, 0.2) is 0 Å². The molecule has 0 radical (unpaired) electrons. The Morgan fingerprint density at radius 2 is 2.17 bits per heavy atom. The van der Waals surface area contributed by atoms with Crippen LogP contribution in [0.15, 0.2) is 24.3 Å². The number of hydrogen-bond acceptors (Lipinski definition) is 3. The summed E-state index contributed by atoms with van der Waals surface area (Å²) in [5.74, 6) is -0.360. The average molecular weight is 252 g/mol. The van der Waals surface area contributed by atoms with Gasteiger partial charge in [-0.15, -0.1) is 0 Å². The van der Waals surface area contributed by atoms with Crippen molar-refractivity contribution in [1.82, 2.24) is 9.80 Å². The lowest BCUT2D eigenvalue weighted by Crippen LogP contribution is -2.54. The lowest BCUT2D eigenvalue weighted by Gasteiger charge is -2.36. The maximum Gasteiger partial charge on any atom is 0.236 e. The number of amides is 1. The van der Waals surface area contributed by atoms with Gasteiger partial charge >= 0.3 is 0 Å². The molecule has 0 aromatic heterocycles. The highest BCUT2D eigenvalue weighted by molar-refractivity contribution is 5.78. The lowest BCUT2D eigenvalue weighted by molar-refractivity contribution is -0.134. The largest absolute Gasteiger partial charge is 0.390 e. The minimum Gasteiger partial charge on any atom is -0.390 e. The fraction of sp³-hybridized carbons (Fsp3) is 0.462. The third kappa shape index (κ3) is 3.05. The molecular formula is C13H17FN2O2. The third-order valence-electron chi connectivity index (χ3n) is 3.09. The zero-order valence-corrected chi connectivity index (χ0v) is 10.3. The van der Waals surface area contributed by atoms with Gasteiger partial charge in [-0.3, -0.25) is 9.69 Å². The van der Waals surface area contributed by atoms with Gasteiger partial charge in [0.25, 0.3) is 0 Å². The number of carbonyl (C=O) groups excluding carboxylic acids is 1. The van der Waals surface area contributed by atoms with Crippen LogP contribution in [-0.2, 0) is 11.3 Å². The molecule has 18 heavy (non-hydrogen) atoms. The molecule has 0 atom stereocenters. The van der Waals surface area contributed by atoms with E-state index >= 15 is 0 Å². The van der Waals surface area contributed by atoms with E-state index in [1.807, 2.05) is 4.90 Å². The number of benzene rings is 1. The second-order valence-corrected chi connectivity index (χ2v) is 4.69. The highest BCUT2D eigenvalue weighted by Gasteiger charge is 2.27. The van der Waals surface area contributed by atoms with Crippen LogP contribution in [0.2, 0.25) is 0 Å². The number of rotatable bonds is 4. The third-order valence-corrected chi connectivity index (χ3v) is 3.09. The maximum absolute atomic E-state index is 13.4. The summed E-state index contributed by atoms with van der Waals surface area (Å²) >= 11 is 0. The predicted octanol–water partition coefficient (Wildman–Crippen LogP) is 0.461. The molecule has 1 aromatic rings. The quantitative estimate of drug-likeness (QED) is 0.846. The molecule has 0 saturated carbocycles. The first-order valence-corrected chi connectivity index (χ1v) is 5.94. The molecule has 1 heterocycles. The number of hydrogen-bond donors (Lipinski definition) is 1. The van der Waals surface area contributed by atoms with Crippen molar-refractivity contribution < 1.29 is 14.3 Å². The van der Waals surface area contributed by atoms with Crippen LogP contribution in [0.1, 0.15) is 5.56 Å². The minimum atomic E-state index is -0.310. The number of aliphatic hydroxyl groups is 1. The highest BCUT2D eigenvalue weighted by Crippen LogP contribution is 2.11.